The van der Waals surface area contributed by atoms with Gasteiger partial charge in [-0.25, -0.2) is 17.6 Å². The Morgan fingerprint density at radius 2 is 1.42 bits per heavy atom. The molecule has 0 amide bonds. The molecule has 1 aromatic heterocycles. The molecule has 45 heavy (non-hydrogen) atoms. The van der Waals surface area contributed by atoms with Crippen molar-refractivity contribution in [3.05, 3.63) is 106 Å². The Morgan fingerprint density at radius 1 is 0.844 bits per heavy atom. The lowest BCUT2D eigenvalue weighted by Crippen LogP contribution is -2.31. The maximum atomic E-state index is 13.8. The highest BCUT2D eigenvalue weighted by Crippen LogP contribution is 2.45. The number of halogens is 4. The van der Waals surface area contributed by atoms with Crippen LogP contribution in [-0.2, 0) is 14.9 Å². The molecule has 1 N–H and O–H groups in total. The Labute approximate surface area is 257 Å². The molecule has 1 unspecified atom stereocenters. The average Bonchev–Trinajstić information content (AvgIpc) is 3.34. The summed E-state index contributed by atoms with van der Waals surface area (Å²) in [5.74, 6) is -6.25. The number of hydrogen-bond donors (Lipinski definition) is 1. The Kier molecular flexibility index (Phi) is 9.60. The van der Waals surface area contributed by atoms with E-state index in [1.54, 1.807) is 13.1 Å². The third-order valence-corrected chi connectivity index (χ3v) is 8.37. The first-order valence-electron chi connectivity index (χ1n) is 14.9. The van der Waals surface area contributed by atoms with Crippen LogP contribution in [0.5, 0.6) is 0 Å². The number of esters is 1. The van der Waals surface area contributed by atoms with Gasteiger partial charge >= 0.3 is 5.97 Å². The van der Waals surface area contributed by atoms with Crippen molar-refractivity contribution in [2.45, 2.75) is 56.8 Å². The second-order valence-electron chi connectivity index (χ2n) is 11.3. The van der Waals surface area contributed by atoms with Crippen molar-refractivity contribution in [1.82, 2.24) is 4.98 Å². The van der Waals surface area contributed by atoms with E-state index in [0.29, 0.717) is 31.4 Å². The monoisotopic (exact) mass is 620 g/mol. The van der Waals surface area contributed by atoms with E-state index < -0.39 is 40.6 Å². The number of H-pyrrole nitrogens is 1. The van der Waals surface area contributed by atoms with Crippen LogP contribution in [0.3, 0.4) is 0 Å². The van der Waals surface area contributed by atoms with E-state index in [9.17, 15) is 31.9 Å². The summed E-state index contributed by atoms with van der Waals surface area (Å²) in [4.78, 5) is 47.1. The SMILES string of the molecule is CCOC(=O)C1C=NCC(CCCC(=O)c2ccc(F)c(F)c2)(CCCC(=O)c2ccc(F)c(F)c2)c2c1[nH]c1ccccc21. The van der Waals surface area contributed by atoms with Crippen LogP contribution in [0.1, 0.15) is 83.3 Å². The van der Waals surface area contributed by atoms with Crippen LogP contribution in [-0.4, -0.2) is 41.9 Å². The first kappa shape index (κ1) is 31.8. The summed E-state index contributed by atoms with van der Waals surface area (Å²) in [6, 6.07) is 13.7. The second-order valence-corrected chi connectivity index (χ2v) is 11.3. The number of ketones is 2. The van der Waals surface area contributed by atoms with E-state index in [1.165, 1.54) is 12.1 Å². The fourth-order valence-electron chi connectivity index (χ4n) is 6.20. The number of benzene rings is 3. The van der Waals surface area contributed by atoms with Crippen molar-refractivity contribution < 1.29 is 36.7 Å². The molecule has 0 radical (unpaired) electrons. The van der Waals surface area contributed by atoms with E-state index in [-0.39, 0.29) is 48.7 Å². The quantitative estimate of drug-likeness (QED) is 0.0995. The molecule has 0 saturated carbocycles. The Morgan fingerprint density at radius 3 is 1.98 bits per heavy atom. The van der Waals surface area contributed by atoms with E-state index >= 15 is 0 Å². The summed E-state index contributed by atoms with van der Waals surface area (Å²) in [6.07, 6.45) is 3.20. The zero-order valence-corrected chi connectivity index (χ0v) is 24.7. The largest absolute Gasteiger partial charge is 0.465 e. The molecule has 0 spiro atoms. The number of rotatable bonds is 12. The molecule has 0 aliphatic carbocycles. The molecule has 234 valence electrons. The molecule has 1 aliphatic heterocycles. The molecule has 1 atom stereocenters. The summed E-state index contributed by atoms with van der Waals surface area (Å²) in [5, 5.41) is 0.867. The molecule has 0 bridgehead atoms. The molecule has 1 aliphatic rings. The van der Waals surface area contributed by atoms with Gasteiger partial charge in [0.1, 0.15) is 5.92 Å². The van der Waals surface area contributed by atoms with E-state index in [4.69, 9.17) is 4.74 Å². The number of aromatic nitrogens is 1. The average molecular weight is 621 g/mol. The minimum atomic E-state index is -1.10. The van der Waals surface area contributed by atoms with Crippen molar-refractivity contribution in [3.8, 4) is 0 Å². The minimum Gasteiger partial charge on any atom is -0.465 e. The van der Waals surface area contributed by atoms with Gasteiger partial charge in [0.05, 0.1) is 6.61 Å². The van der Waals surface area contributed by atoms with E-state index in [1.807, 2.05) is 24.3 Å². The van der Waals surface area contributed by atoms with Crippen LogP contribution >= 0.6 is 0 Å². The van der Waals surface area contributed by atoms with Gasteiger partial charge in [0.15, 0.2) is 34.8 Å². The zero-order valence-electron chi connectivity index (χ0n) is 24.7. The van der Waals surface area contributed by atoms with Gasteiger partial charge in [0.2, 0.25) is 0 Å². The number of ether oxygens (including phenoxy) is 1. The number of aliphatic imine (C=N–C) groups is 1. The highest BCUT2D eigenvalue weighted by atomic mass is 19.2. The van der Waals surface area contributed by atoms with Gasteiger partial charge in [-0.05, 0) is 80.6 Å². The Balaban J connectivity index is 1.48. The second kappa shape index (κ2) is 13.6. The minimum absolute atomic E-state index is 0.0450. The summed E-state index contributed by atoms with van der Waals surface area (Å²) in [5.41, 5.74) is 1.65. The lowest BCUT2D eigenvalue weighted by atomic mass is 9.70. The maximum Gasteiger partial charge on any atom is 0.320 e. The third-order valence-electron chi connectivity index (χ3n) is 8.37. The van der Waals surface area contributed by atoms with Gasteiger partial charge in [0, 0.05) is 58.7 Å². The van der Waals surface area contributed by atoms with Gasteiger partial charge in [-0.2, -0.15) is 0 Å². The molecule has 4 aromatic rings. The van der Waals surface area contributed by atoms with Crippen molar-refractivity contribution in [2.24, 2.45) is 4.99 Å². The normalized spacial score (nSPS) is 15.4. The van der Waals surface area contributed by atoms with E-state index in [0.717, 1.165) is 40.7 Å². The van der Waals surface area contributed by atoms with Gasteiger partial charge in [-0.15, -0.1) is 0 Å². The first-order chi connectivity index (χ1) is 21.6. The lowest BCUT2D eigenvalue weighted by molar-refractivity contribution is -0.143. The molecule has 5 rings (SSSR count). The Bertz CT molecular complexity index is 1710. The fraction of sp³-hybridized carbons (Fsp3) is 0.314. The van der Waals surface area contributed by atoms with Crippen molar-refractivity contribution >= 4 is 34.7 Å². The molecular weight excluding hydrogens is 588 g/mol. The first-order valence-corrected chi connectivity index (χ1v) is 14.9. The number of aromatic amines is 1. The molecule has 2 heterocycles. The number of carbonyl (C=O) groups excluding carboxylic acids is 3. The predicted octanol–water partition coefficient (Wildman–Crippen LogP) is 7.80. The third kappa shape index (κ3) is 6.74. The van der Waals surface area contributed by atoms with Crippen LogP contribution < -0.4 is 0 Å². The molecule has 0 saturated heterocycles. The van der Waals surface area contributed by atoms with Crippen LogP contribution in [0.25, 0.3) is 10.9 Å². The molecular formula is C35H32F4N2O4. The standard InChI is InChI=1S/C35H32F4N2O4/c1-2-45-34(44)24-19-40-20-35(32-23-7-3-4-8-29(23)41-33(24)32,15-5-9-30(42)21-11-13-25(36)27(38)17-21)16-6-10-31(43)22-12-14-26(37)28(39)18-22/h3-4,7-8,11-14,17-19,24,41H,2,5-6,9-10,15-16,20H2,1H3. The molecule has 3 aromatic carbocycles. The van der Waals surface area contributed by atoms with Crippen LogP contribution in [0.4, 0.5) is 17.6 Å². The summed E-state index contributed by atoms with van der Waals surface area (Å²) in [7, 11) is 0. The summed E-state index contributed by atoms with van der Waals surface area (Å²) >= 11 is 0. The molecule has 6 nitrogen and oxygen atoms in total. The number of Topliss-reactive ketones (excluding diaryl/α,β-unsaturated/α-hetero) is 2. The summed E-state index contributed by atoms with van der Waals surface area (Å²) < 4.78 is 59.9. The number of fused-ring (bicyclic) bond motifs is 3. The van der Waals surface area contributed by atoms with Gasteiger partial charge < -0.3 is 9.72 Å². The van der Waals surface area contributed by atoms with Gasteiger partial charge in [-0.3, -0.25) is 19.4 Å². The van der Waals surface area contributed by atoms with Crippen molar-refractivity contribution in [3.63, 3.8) is 0 Å². The van der Waals surface area contributed by atoms with Crippen molar-refractivity contribution in [2.75, 3.05) is 13.2 Å². The fourth-order valence-corrected chi connectivity index (χ4v) is 6.20. The topological polar surface area (TPSA) is 88.6 Å². The Hall–Kier alpha value is -4.60. The van der Waals surface area contributed by atoms with Crippen LogP contribution in [0.2, 0.25) is 0 Å². The number of hydrogen-bond acceptors (Lipinski definition) is 5. The van der Waals surface area contributed by atoms with Crippen LogP contribution in [0, 0.1) is 23.3 Å². The number of para-hydroxylation sites is 1. The number of carbonyl (C=O) groups is 3. The zero-order chi connectivity index (χ0) is 32.1. The lowest BCUT2D eigenvalue weighted by Gasteiger charge is -2.33. The maximum absolute atomic E-state index is 13.8. The smallest absolute Gasteiger partial charge is 0.320 e. The number of nitrogens with one attached hydrogen (secondary N) is 1. The predicted molar refractivity (Wildman–Crippen MR) is 162 cm³/mol. The molecule has 10 heteroatoms. The van der Waals surface area contributed by atoms with E-state index in [2.05, 4.69) is 9.98 Å². The highest BCUT2D eigenvalue weighted by Gasteiger charge is 2.41. The number of nitrogens with zero attached hydrogens (tertiary/aromatic N) is 1. The van der Waals surface area contributed by atoms with Crippen molar-refractivity contribution in [1.29, 1.82) is 0 Å². The van der Waals surface area contributed by atoms with Crippen LogP contribution in [0.15, 0.2) is 65.7 Å². The molecule has 0 fully saturated rings. The highest BCUT2D eigenvalue weighted by molar-refractivity contribution is 6.00. The summed E-state index contributed by atoms with van der Waals surface area (Å²) in [6.45, 7) is 2.15. The van der Waals surface area contributed by atoms with Gasteiger partial charge in [-0.1, -0.05) is 18.2 Å². The van der Waals surface area contributed by atoms with Gasteiger partial charge in [0.25, 0.3) is 0 Å².